The lowest BCUT2D eigenvalue weighted by molar-refractivity contribution is -0.116. The molecule has 0 radical (unpaired) electrons. The van der Waals surface area contributed by atoms with E-state index in [4.69, 9.17) is 4.98 Å². The standard InChI is InChI=1S/C28H27N3O2/c32-20-23-14-16-24(17-15-23)26-19-29-28(25(30-26)18-22-10-5-2-6-11-22)31-27(33)13-7-12-21-8-3-1-4-9-21/h1-6,8-11,14-17,19,32H,7,12-13,18,20H2,(H,29,31,33). The second-order valence-corrected chi connectivity index (χ2v) is 7.96. The fraction of sp³-hybridized carbons (Fsp3) is 0.179. The average molecular weight is 438 g/mol. The highest BCUT2D eigenvalue weighted by molar-refractivity contribution is 5.90. The number of aliphatic hydroxyl groups is 1. The molecule has 2 N–H and O–H groups in total. The lowest BCUT2D eigenvalue weighted by Gasteiger charge is -2.12. The SMILES string of the molecule is O=C(CCCc1ccccc1)Nc1ncc(-c2ccc(CO)cc2)nc1Cc1ccccc1. The predicted octanol–water partition coefficient (Wildman–Crippen LogP) is 5.19. The molecule has 1 heterocycles. The monoisotopic (exact) mass is 437 g/mol. The lowest BCUT2D eigenvalue weighted by Crippen LogP contribution is -2.15. The molecule has 0 spiro atoms. The molecule has 3 aromatic carbocycles. The number of benzene rings is 3. The Morgan fingerprint density at radius 2 is 1.48 bits per heavy atom. The van der Waals surface area contributed by atoms with Crippen molar-refractivity contribution in [2.45, 2.75) is 32.3 Å². The Kier molecular flexibility index (Phi) is 7.56. The third-order valence-corrected chi connectivity index (χ3v) is 5.46. The normalized spacial score (nSPS) is 10.7. The fourth-order valence-electron chi connectivity index (χ4n) is 3.66. The van der Waals surface area contributed by atoms with Crippen molar-refractivity contribution in [3.05, 3.63) is 114 Å². The third kappa shape index (κ3) is 6.34. The van der Waals surface area contributed by atoms with Gasteiger partial charge in [0.15, 0.2) is 5.82 Å². The van der Waals surface area contributed by atoms with E-state index in [1.807, 2.05) is 72.8 Å². The van der Waals surface area contributed by atoms with Gasteiger partial charge in [-0.25, -0.2) is 9.97 Å². The van der Waals surface area contributed by atoms with E-state index in [2.05, 4.69) is 22.4 Å². The summed E-state index contributed by atoms with van der Waals surface area (Å²) < 4.78 is 0. The number of anilines is 1. The van der Waals surface area contributed by atoms with Crippen molar-refractivity contribution in [3.8, 4) is 11.3 Å². The van der Waals surface area contributed by atoms with Crippen LogP contribution in [0.25, 0.3) is 11.3 Å². The average Bonchev–Trinajstić information content (AvgIpc) is 2.86. The number of aliphatic hydroxyl groups excluding tert-OH is 1. The summed E-state index contributed by atoms with van der Waals surface area (Å²) in [4.78, 5) is 22.0. The summed E-state index contributed by atoms with van der Waals surface area (Å²) in [6.07, 6.45) is 4.30. The maximum absolute atomic E-state index is 12.6. The summed E-state index contributed by atoms with van der Waals surface area (Å²) in [5.74, 6) is 0.439. The lowest BCUT2D eigenvalue weighted by atomic mass is 10.1. The Morgan fingerprint density at radius 3 is 2.15 bits per heavy atom. The van der Waals surface area contributed by atoms with Gasteiger partial charge >= 0.3 is 0 Å². The third-order valence-electron chi connectivity index (χ3n) is 5.46. The van der Waals surface area contributed by atoms with Crippen molar-refractivity contribution in [1.82, 2.24) is 9.97 Å². The van der Waals surface area contributed by atoms with Crippen molar-refractivity contribution >= 4 is 11.7 Å². The molecule has 1 amide bonds. The fourth-order valence-corrected chi connectivity index (χ4v) is 3.66. The first-order chi connectivity index (χ1) is 16.2. The minimum Gasteiger partial charge on any atom is -0.392 e. The van der Waals surface area contributed by atoms with Crippen LogP contribution >= 0.6 is 0 Å². The van der Waals surface area contributed by atoms with E-state index in [1.165, 1.54) is 5.56 Å². The van der Waals surface area contributed by atoms with E-state index in [9.17, 15) is 9.90 Å². The van der Waals surface area contributed by atoms with E-state index in [-0.39, 0.29) is 12.5 Å². The van der Waals surface area contributed by atoms with Crippen molar-refractivity contribution in [3.63, 3.8) is 0 Å². The molecular formula is C28H27N3O2. The largest absolute Gasteiger partial charge is 0.392 e. The number of aromatic nitrogens is 2. The molecule has 0 atom stereocenters. The summed E-state index contributed by atoms with van der Waals surface area (Å²) in [6.45, 7) is 0.000454. The van der Waals surface area contributed by atoms with E-state index in [0.29, 0.717) is 18.7 Å². The molecule has 5 nitrogen and oxygen atoms in total. The highest BCUT2D eigenvalue weighted by Crippen LogP contribution is 2.22. The van der Waals surface area contributed by atoms with Crippen LogP contribution < -0.4 is 5.32 Å². The van der Waals surface area contributed by atoms with E-state index in [0.717, 1.165) is 40.9 Å². The van der Waals surface area contributed by atoms with Crippen LogP contribution in [0.2, 0.25) is 0 Å². The molecule has 166 valence electrons. The Bertz CT molecular complexity index is 1180. The molecule has 0 fully saturated rings. The number of hydrogen-bond donors (Lipinski definition) is 2. The minimum atomic E-state index is -0.0606. The maximum Gasteiger partial charge on any atom is 0.225 e. The first kappa shape index (κ1) is 22.4. The number of nitrogens with one attached hydrogen (secondary N) is 1. The van der Waals surface area contributed by atoms with E-state index < -0.39 is 0 Å². The summed E-state index contributed by atoms with van der Waals surface area (Å²) in [5.41, 5.74) is 5.53. The van der Waals surface area contributed by atoms with Gasteiger partial charge in [-0.1, -0.05) is 84.9 Å². The van der Waals surface area contributed by atoms with Gasteiger partial charge in [0.05, 0.1) is 24.2 Å². The Hall–Kier alpha value is -3.83. The van der Waals surface area contributed by atoms with Crippen LogP contribution in [-0.4, -0.2) is 21.0 Å². The van der Waals surface area contributed by atoms with Crippen LogP contribution in [-0.2, 0) is 24.2 Å². The number of amides is 1. The smallest absolute Gasteiger partial charge is 0.225 e. The van der Waals surface area contributed by atoms with Crippen LogP contribution in [0.5, 0.6) is 0 Å². The van der Waals surface area contributed by atoms with Crippen molar-refractivity contribution in [1.29, 1.82) is 0 Å². The number of aryl methyl sites for hydroxylation is 1. The quantitative estimate of drug-likeness (QED) is 0.378. The zero-order valence-electron chi connectivity index (χ0n) is 18.4. The molecule has 4 aromatic rings. The second-order valence-electron chi connectivity index (χ2n) is 7.96. The van der Waals surface area contributed by atoms with Gasteiger partial charge in [0, 0.05) is 18.4 Å². The zero-order chi connectivity index (χ0) is 22.9. The number of nitrogens with zero attached hydrogens (tertiary/aromatic N) is 2. The molecule has 0 unspecified atom stereocenters. The molecule has 0 aliphatic heterocycles. The molecule has 5 heteroatoms. The predicted molar refractivity (Wildman–Crippen MR) is 131 cm³/mol. The van der Waals surface area contributed by atoms with Gasteiger partial charge in [0.25, 0.3) is 0 Å². The first-order valence-corrected chi connectivity index (χ1v) is 11.1. The number of hydrogen-bond acceptors (Lipinski definition) is 4. The van der Waals surface area contributed by atoms with Crippen LogP contribution in [0.4, 0.5) is 5.82 Å². The van der Waals surface area contributed by atoms with E-state index in [1.54, 1.807) is 6.20 Å². The highest BCUT2D eigenvalue weighted by Gasteiger charge is 2.13. The van der Waals surface area contributed by atoms with Gasteiger partial charge in [-0.3, -0.25) is 4.79 Å². The van der Waals surface area contributed by atoms with Gasteiger partial charge in [-0.05, 0) is 29.5 Å². The van der Waals surface area contributed by atoms with Crippen LogP contribution in [0, 0.1) is 0 Å². The van der Waals surface area contributed by atoms with Gasteiger partial charge in [0.1, 0.15) is 0 Å². The Balaban J connectivity index is 1.50. The molecule has 0 aliphatic carbocycles. The molecule has 0 aliphatic rings. The number of rotatable bonds is 9. The van der Waals surface area contributed by atoms with Gasteiger partial charge in [-0.2, -0.15) is 0 Å². The molecule has 0 saturated heterocycles. The van der Waals surface area contributed by atoms with Gasteiger partial charge < -0.3 is 10.4 Å². The summed E-state index contributed by atoms with van der Waals surface area (Å²) >= 11 is 0. The zero-order valence-corrected chi connectivity index (χ0v) is 18.4. The van der Waals surface area contributed by atoms with Crippen LogP contribution in [0.15, 0.2) is 91.1 Å². The highest BCUT2D eigenvalue weighted by atomic mass is 16.3. The molecular weight excluding hydrogens is 410 g/mol. The second kappa shape index (κ2) is 11.2. The summed E-state index contributed by atoms with van der Waals surface area (Å²) in [7, 11) is 0. The van der Waals surface area contributed by atoms with Crippen LogP contribution in [0.3, 0.4) is 0 Å². The summed E-state index contributed by atoms with van der Waals surface area (Å²) in [6, 6.07) is 27.8. The van der Waals surface area contributed by atoms with Gasteiger partial charge in [0.2, 0.25) is 5.91 Å². The summed E-state index contributed by atoms with van der Waals surface area (Å²) in [5, 5.41) is 12.3. The van der Waals surface area contributed by atoms with E-state index >= 15 is 0 Å². The van der Waals surface area contributed by atoms with Gasteiger partial charge in [-0.15, -0.1) is 0 Å². The van der Waals surface area contributed by atoms with Crippen molar-refractivity contribution in [2.75, 3.05) is 5.32 Å². The molecule has 0 saturated carbocycles. The van der Waals surface area contributed by atoms with Crippen molar-refractivity contribution < 1.29 is 9.90 Å². The van der Waals surface area contributed by atoms with Crippen molar-refractivity contribution in [2.24, 2.45) is 0 Å². The Morgan fingerprint density at radius 1 is 0.818 bits per heavy atom. The molecule has 0 bridgehead atoms. The number of carbonyl (C=O) groups is 1. The molecule has 33 heavy (non-hydrogen) atoms. The molecule has 1 aromatic heterocycles. The number of carbonyl (C=O) groups excluding carboxylic acids is 1. The maximum atomic E-state index is 12.6. The van der Waals surface area contributed by atoms with Crippen LogP contribution in [0.1, 0.15) is 35.2 Å². The Labute approximate surface area is 194 Å². The molecule has 4 rings (SSSR count). The first-order valence-electron chi connectivity index (χ1n) is 11.1. The topological polar surface area (TPSA) is 75.1 Å². The minimum absolute atomic E-state index is 0.000454.